The van der Waals surface area contributed by atoms with Gasteiger partial charge in [0, 0.05) is 76.9 Å². The number of hydrogen-bond acceptors (Lipinski definition) is 46. The number of ether oxygens (including phenoxy) is 21. The minimum atomic E-state index is -1.64. The van der Waals surface area contributed by atoms with Gasteiger partial charge >= 0.3 is 71.4 Å². The molecule has 0 spiro atoms. The van der Waals surface area contributed by atoms with E-state index in [1.807, 2.05) is 4.98 Å². The molecule has 8 rings (SSSR count). The van der Waals surface area contributed by atoms with Crippen LogP contribution in [0.3, 0.4) is 0 Å². The third kappa shape index (κ3) is 36.9. The first-order valence-electron chi connectivity index (χ1n) is 40.9. The predicted molar refractivity (Wildman–Crippen MR) is 454 cm³/mol. The normalized spacial score (nSPS) is 32.0. The highest BCUT2D eigenvalue weighted by molar-refractivity contribution is 6.26. The van der Waals surface area contributed by atoms with Gasteiger partial charge in [0.05, 0.1) is 139 Å². The second-order valence-electron chi connectivity index (χ2n) is 30.0. The summed E-state index contributed by atoms with van der Waals surface area (Å²) >= 11 is 10.3. The van der Waals surface area contributed by atoms with E-state index >= 15 is 0 Å². The van der Waals surface area contributed by atoms with Gasteiger partial charge in [-0.2, -0.15) is 4.39 Å². The monoisotopic (exact) mass is 2020 g/mol. The van der Waals surface area contributed by atoms with E-state index in [9.17, 15) is 132 Å². The molecular formula is C82H131Cl2F2N3O47. The molecule has 13 unspecified atom stereocenters. The first kappa shape index (κ1) is 127. The van der Waals surface area contributed by atoms with Crippen LogP contribution in [-0.4, -0.2) is 425 Å². The number of methoxy groups -OCH3 is 9. The molecule has 14 N–H and O–H groups in total. The van der Waals surface area contributed by atoms with Crippen molar-refractivity contribution >= 4 is 101 Å². The second-order valence-corrected chi connectivity index (χ2v) is 30.6. The van der Waals surface area contributed by atoms with E-state index in [1.165, 1.54) is 49.4 Å². The number of hydrogen-bond donors (Lipinski definition) is 14. The molecule has 784 valence electrons. The Balaban J connectivity index is 0.00000180. The predicted octanol–water partition coefficient (Wildman–Crippen LogP) is -4.78. The van der Waals surface area contributed by atoms with E-state index in [0.29, 0.717) is 31.5 Å². The maximum Gasteiger partial charge on any atom is 0.335 e. The van der Waals surface area contributed by atoms with Crippen molar-refractivity contribution in [3.63, 3.8) is 0 Å². The van der Waals surface area contributed by atoms with Gasteiger partial charge in [0.25, 0.3) is 11.5 Å². The van der Waals surface area contributed by atoms with Crippen molar-refractivity contribution in [3.05, 3.63) is 44.8 Å². The molecule has 6 fully saturated rings. The van der Waals surface area contributed by atoms with E-state index in [-0.39, 0.29) is 74.4 Å². The molecule has 54 heteroatoms. The molecular weight excluding hydrogens is 1890 g/mol. The Kier molecular flexibility index (Phi) is 59.9. The van der Waals surface area contributed by atoms with Gasteiger partial charge in [-0.05, 0) is 25.3 Å². The SMILES string of the molecule is C.C.C.CC(=O)OC(C)=O.CC[C@H]1C(C(=O)OC)O[C@@H](COC[C@@H]2C(C(=O)OC)O[C@H](COC)C(O)[C@@H]2O)C(O)[C@@H]1O.CC[C@H]1C(C(=O)OC)O[C@@H](COC[C@@H]2C(C(=O)OC)O[C@H](COC)C(OC(=O)CC3C=C(F)C(=O)NC3=O)[C@@H]2O)C(O)[C@@H]1O.CC[C@H]1C(C(=O)OC)O[C@@H](COC[C@@H]2C(C(=O)OC)O[C@H](COC)C(OC(=O)CCl)[C@@H]2O)C(O)[C@@H]1O.O=C(O)CCl.O=c1[nH]cc(F)c(=O)[nH]1. The number of aliphatic carboxylic acids is 1. The lowest BCUT2D eigenvalue weighted by molar-refractivity contribution is -0.243. The summed E-state index contributed by atoms with van der Waals surface area (Å²) < 4.78 is 135. The van der Waals surface area contributed by atoms with E-state index < -0.39 is 314 Å². The van der Waals surface area contributed by atoms with Crippen LogP contribution in [0.2, 0.25) is 0 Å². The molecule has 8 heterocycles. The van der Waals surface area contributed by atoms with Crippen molar-refractivity contribution in [2.45, 2.75) is 229 Å². The van der Waals surface area contributed by atoms with Crippen LogP contribution in [0.25, 0.3) is 0 Å². The zero-order valence-electron chi connectivity index (χ0n) is 74.8. The van der Waals surface area contributed by atoms with Crippen molar-refractivity contribution < 1.29 is 227 Å². The number of alkyl halides is 2. The van der Waals surface area contributed by atoms with Crippen LogP contribution in [0.5, 0.6) is 0 Å². The Morgan fingerprint density at radius 1 is 0.397 bits per heavy atom. The summed E-state index contributed by atoms with van der Waals surface area (Å²) in [5.41, 5.74) is -1.71. The number of esters is 10. The first-order valence-corrected chi connectivity index (χ1v) is 41.9. The molecule has 1 aromatic rings. The molecule has 31 atom stereocenters. The van der Waals surface area contributed by atoms with Crippen molar-refractivity contribution in [1.29, 1.82) is 0 Å². The summed E-state index contributed by atoms with van der Waals surface area (Å²) in [6.07, 6.45) is -28.6. The lowest BCUT2D eigenvalue weighted by atomic mass is 9.84. The quantitative estimate of drug-likeness (QED) is 0.0103. The fraction of sp³-hybridized carbons (Fsp3) is 0.768. The molecule has 0 radical (unpaired) electrons. The minimum Gasteiger partial charge on any atom is -0.480 e. The topological polar surface area (TPSA) is 716 Å². The van der Waals surface area contributed by atoms with Gasteiger partial charge in [-0.3, -0.25) is 48.7 Å². The van der Waals surface area contributed by atoms with Crippen molar-refractivity contribution in [1.82, 2.24) is 15.3 Å². The number of aliphatic hydroxyl groups excluding tert-OH is 10. The number of aliphatic hydroxyl groups is 10. The Hall–Kier alpha value is -8.51. The number of carbonyl (C=O) groups excluding carboxylic acids is 12. The van der Waals surface area contributed by atoms with Gasteiger partial charge in [0.15, 0.2) is 54.7 Å². The molecule has 7 aliphatic heterocycles. The number of imide groups is 1. The number of nitrogens with one attached hydrogen (secondary N) is 3. The van der Waals surface area contributed by atoms with Crippen molar-refractivity contribution in [2.24, 2.45) is 41.4 Å². The number of carboxylic acids is 1. The number of H-pyrrole nitrogens is 2. The van der Waals surface area contributed by atoms with Crippen molar-refractivity contribution in [3.8, 4) is 0 Å². The van der Waals surface area contributed by atoms with Crippen LogP contribution in [0, 0.1) is 47.2 Å². The third-order valence-electron chi connectivity index (χ3n) is 21.4. The standard InChI is InChI=1S/C27H38FNO15.C22H35ClO13.C20H34O12.C4H3FN2O2.C4H6O3.C2H3ClO2.3CH4/c1-5-12-18(31)20(33)15(42-21(12)26(36)39-3)10-41-8-13-19(32)23(16(9-38-2)43-22(13)27(37)40-4)44-17(30)7-11-6-14(28)25(35)29-24(11)34;1-5-10-15(25)17(27)12(34-18(10)21(28)31-3)9-33-7-11-16(26)20(36-14(24)6-23)13(8-30-2)35-19(11)22(29)32-4;1-5-9-13(21)16(24)12(32-17(9)19(25)28-3)8-30-6-10-14(22)15(23)11(7-27-2)31-18(10)20(26)29-4;5-2-1-6-4(9)7-3(2)8;1-3(5)7-4(2)6;3-1-2(4)5;;;/h6,11-13,15-16,18-23,31-33H,5,7-10H2,1-4H3,(H,29,34,35);10-13,15-20,25-27H,5-9H2,1-4H3;9-18,21-24H,5-8H2,1-4H3;1H,(H2,6,7,8,9);1-2H3;1H2,(H,4,5);3*1H4/t11?,12-,13+,15+,16-,18-,19-,20?,21?,22?,23?;10-,11+,12+,13-,15-,16-,17?,18?,19?,20?;9-,10+,11-,12+,13-,14-,15?,16?,17?,18?;;;;;;/m111....../s1. The van der Waals surface area contributed by atoms with E-state index in [1.54, 1.807) is 31.1 Å². The summed E-state index contributed by atoms with van der Waals surface area (Å²) in [5.74, 6) is -20.5. The smallest absolute Gasteiger partial charge is 0.335 e. The van der Waals surface area contributed by atoms with Gasteiger partial charge in [0.1, 0.15) is 85.0 Å². The number of carbonyl (C=O) groups is 13. The molecule has 6 saturated heterocycles. The van der Waals surface area contributed by atoms with Gasteiger partial charge in [0.2, 0.25) is 11.7 Å². The average Bonchev–Trinajstić information content (AvgIpc) is 0.806. The molecule has 2 amide bonds. The molecule has 136 heavy (non-hydrogen) atoms. The first-order chi connectivity index (χ1) is 62.8. The maximum atomic E-state index is 13.7. The summed E-state index contributed by atoms with van der Waals surface area (Å²) in [6, 6.07) is 0. The Morgan fingerprint density at radius 3 is 0.941 bits per heavy atom. The maximum absolute atomic E-state index is 13.7. The van der Waals surface area contributed by atoms with Crippen LogP contribution in [0.1, 0.15) is 82.6 Å². The van der Waals surface area contributed by atoms with Crippen LogP contribution >= 0.6 is 23.2 Å². The molecule has 1 aromatic heterocycles. The van der Waals surface area contributed by atoms with Crippen LogP contribution < -0.4 is 16.6 Å². The zero-order valence-corrected chi connectivity index (χ0v) is 76.3. The fourth-order valence-electron chi connectivity index (χ4n) is 14.6. The molecule has 0 aliphatic carbocycles. The van der Waals surface area contributed by atoms with Gasteiger partial charge in [-0.1, -0.05) is 43.1 Å². The number of halogens is 4. The number of aromatic nitrogens is 2. The van der Waals surface area contributed by atoms with Crippen molar-refractivity contribution in [2.75, 3.05) is 135 Å². The molecule has 0 bridgehead atoms. The summed E-state index contributed by atoms with van der Waals surface area (Å²) in [7, 11) is 11.0. The van der Waals surface area contributed by atoms with Crippen LogP contribution in [0.4, 0.5) is 8.78 Å². The third-order valence-corrected chi connectivity index (χ3v) is 21.8. The average molecular weight is 2020 g/mol. The van der Waals surface area contributed by atoms with Crippen LogP contribution in [0.15, 0.2) is 27.7 Å². The number of rotatable bonds is 33. The molecule has 0 aromatic carbocycles. The molecule has 50 nitrogen and oxygen atoms in total. The number of carboxylic acid groups (broad SMARTS) is 1. The Morgan fingerprint density at radius 2 is 0.676 bits per heavy atom. The highest BCUT2D eigenvalue weighted by Crippen LogP contribution is 2.38. The van der Waals surface area contributed by atoms with Crippen LogP contribution in [-0.2, 0) is 162 Å². The number of amides is 2. The summed E-state index contributed by atoms with van der Waals surface area (Å²) in [4.78, 5) is 174. The second kappa shape index (κ2) is 63.9. The lowest BCUT2D eigenvalue weighted by Gasteiger charge is -2.43. The van der Waals surface area contributed by atoms with Gasteiger partial charge in [-0.25, -0.2) is 38.0 Å². The van der Waals surface area contributed by atoms with Gasteiger partial charge in [-0.15, -0.1) is 23.2 Å². The number of aromatic amines is 2. The highest BCUT2D eigenvalue weighted by Gasteiger charge is 2.56. The van der Waals surface area contributed by atoms with E-state index in [2.05, 4.69) is 4.74 Å². The summed E-state index contributed by atoms with van der Waals surface area (Å²) in [5, 5.41) is 115. The summed E-state index contributed by atoms with van der Waals surface area (Å²) in [6.45, 7) is 5.13. The fourth-order valence-corrected chi connectivity index (χ4v) is 14.6. The largest absolute Gasteiger partial charge is 0.480 e. The Bertz CT molecular complexity index is 4030. The van der Waals surface area contributed by atoms with E-state index in [0.717, 1.165) is 28.4 Å². The minimum absolute atomic E-state index is 0. The highest BCUT2D eigenvalue weighted by atomic mass is 35.5. The Labute approximate surface area is 790 Å². The zero-order chi connectivity index (χ0) is 101. The molecule has 0 saturated carbocycles. The van der Waals surface area contributed by atoms with Gasteiger partial charge < -0.3 is 161 Å². The van der Waals surface area contributed by atoms with E-state index in [4.69, 9.17) is 123 Å². The molecule has 7 aliphatic rings. The lowest BCUT2D eigenvalue weighted by Crippen LogP contribution is -2.61.